The fourth-order valence-corrected chi connectivity index (χ4v) is 0.511. The van der Waals surface area contributed by atoms with E-state index < -0.39 is 6.10 Å². The molecule has 1 atom stereocenters. The van der Waals surface area contributed by atoms with Crippen LogP contribution in [0.15, 0.2) is 0 Å². The summed E-state index contributed by atoms with van der Waals surface area (Å²) in [5.74, 6) is -0.212. The molecule has 0 aliphatic carbocycles. The van der Waals surface area contributed by atoms with Crippen LogP contribution in [0, 0.1) is 0 Å². The van der Waals surface area contributed by atoms with Crippen molar-refractivity contribution in [3.8, 4) is 0 Å². The second-order valence-electron chi connectivity index (χ2n) is 3.08. The van der Waals surface area contributed by atoms with Crippen molar-refractivity contribution in [2.75, 3.05) is 19.8 Å². The molecule has 3 N–H and O–H groups in total. The molecule has 0 saturated carbocycles. The molecule has 0 aliphatic heterocycles. The average Bonchev–Trinajstić information content (AvgIpc) is 2.24. The number of ether oxygens (including phenoxy) is 1. The van der Waals surface area contributed by atoms with Gasteiger partial charge < -0.3 is 20.1 Å². The number of esters is 1. The second-order valence-corrected chi connectivity index (χ2v) is 3.08. The molecule has 0 amide bonds. The van der Waals surface area contributed by atoms with E-state index in [0.717, 1.165) is 6.42 Å². The quantitative estimate of drug-likeness (QED) is 0.554. The Kier molecular flexibility index (Phi) is 14.9. The Labute approximate surface area is 90.7 Å². The highest BCUT2D eigenvalue weighted by molar-refractivity contribution is 5.69. The molecule has 1 unspecified atom stereocenters. The number of aliphatic hydroxyl groups is 3. The first-order valence-electron chi connectivity index (χ1n) is 5.13. The standard InChI is InChI=1S/C7H14O3.C3H8O2/c1-2-6-10-7(9)4-3-5-8;1-3(5)2-4/h8H,2-6H2,1H3;3-5H,2H2,1H3. The predicted octanol–water partition coefficient (Wildman–Crippen LogP) is 0.0716. The second kappa shape index (κ2) is 13.4. The maximum atomic E-state index is 10.6. The number of aliphatic hydroxyl groups excluding tert-OH is 3. The predicted molar refractivity (Wildman–Crippen MR) is 56.3 cm³/mol. The summed E-state index contributed by atoms with van der Waals surface area (Å²) in [5.41, 5.74) is 0. The van der Waals surface area contributed by atoms with Gasteiger partial charge in [0.2, 0.25) is 0 Å². The SMILES string of the molecule is CC(O)CO.CCCOC(=O)CCCO. The molecular weight excluding hydrogens is 200 g/mol. The Hall–Kier alpha value is -0.650. The molecule has 5 nitrogen and oxygen atoms in total. The van der Waals surface area contributed by atoms with Crippen molar-refractivity contribution in [2.45, 2.75) is 39.2 Å². The third-order valence-electron chi connectivity index (χ3n) is 1.27. The summed E-state index contributed by atoms with van der Waals surface area (Å²) in [6, 6.07) is 0. The zero-order valence-electron chi connectivity index (χ0n) is 9.48. The fourth-order valence-electron chi connectivity index (χ4n) is 0.511. The van der Waals surface area contributed by atoms with Gasteiger partial charge >= 0.3 is 5.97 Å². The van der Waals surface area contributed by atoms with Crippen LogP contribution in [-0.2, 0) is 9.53 Å². The Balaban J connectivity index is 0. The highest BCUT2D eigenvalue weighted by Crippen LogP contribution is 1.91. The number of carbonyl (C=O) groups excluding carboxylic acids is 1. The molecule has 0 bridgehead atoms. The molecule has 0 aliphatic rings. The van der Waals surface area contributed by atoms with Crippen molar-refractivity contribution < 1.29 is 24.9 Å². The first kappa shape index (κ1) is 16.8. The molecule has 0 spiro atoms. The van der Waals surface area contributed by atoms with Gasteiger partial charge in [0.15, 0.2) is 0 Å². The van der Waals surface area contributed by atoms with Crippen LogP contribution in [0.4, 0.5) is 0 Å². The summed E-state index contributed by atoms with van der Waals surface area (Å²) in [7, 11) is 0. The molecule has 0 aromatic rings. The largest absolute Gasteiger partial charge is 0.466 e. The number of hydrogen-bond acceptors (Lipinski definition) is 5. The molecule has 0 fully saturated rings. The summed E-state index contributed by atoms with van der Waals surface area (Å²) < 4.78 is 4.74. The lowest BCUT2D eigenvalue weighted by Crippen LogP contribution is -2.05. The van der Waals surface area contributed by atoms with Crippen LogP contribution >= 0.6 is 0 Å². The van der Waals surface area contributed by atoms with E-state index in [0.29, 0.717) is 19.4 Å². The Morgan fingerprint density at radius 2 is 1.93 bits per heavy atom. The fraction of sp³-hybridized carbons (Fsp3) is 0.900. The van der Waals surface area contributed by atoms with Crippen molar-refractivity contribution in [3.05, 3.63) is 0 Å². The lowest BCUT2D eigenvalue weighted by Gasteiger charge is -2.00. The highest BCUT2D eigenvalue weighted by atomic mass is 16.5. The monoisotopic (exact) mass is 222 g/mol. The van der Waals surface area contributed by atoms with E-state index in [1.807, 2.05) is 6.92 Å². The van der Waals surface area contributed by atoms with E-state index >= 15 is 0 Å². The molecule has 0 aromatic carbocycles. The molecule has 0 heterocycles. The molecule has 0 aromatic heterocycles. The maximum Gasteiger partial charge on any atom is 0.305 e. The normalized spacial score (nSPS) is 11.3. The van der Waals surface area contributed by atoms with Crippen LogP contribution in [0.25, 0.3) is 0 Å². The van der Waals surface area contributed by atoms with Gasteiger partial charge in [0.25, 0.3) is 0 Å². The van der Waals surface area contributed by atoms with Gasteiger partial charge in [-0.05, 0) is 19.8 Å². The van der Waals surface area contributed by atoms with E-state index in [4.69, 9.17) is 20.1 Å². The van der Waals surface area contributed by atoms with Crippen LogP contribution in [0.2, 0.25) is 0 Å². The third kappa shape index (κ3) is 19.7. The van der Waals surface area contributed by atoms with Crippen LogP contribution in [-0.4, -0.2) is 47.2 Å². The average molecular weight is 222 g/mol. The number of rotatable bonds is 6. The van der Waals surface area contributed by atoms with Crippen molar-refractivity contribution in [1.29, 1.82) is 0 Å². The van der Waals surface area contributed by atoms with Crippen LogP contribution < -0.4 is 0 Å². The van der Waals surface area contributed by atoms with Crippen molar-refractivity contribution in [3.63, 3.8) is 0 Å². The molecule has 0 saturated heterocycles. The van der Waals surface area contributed by atoms with E-state index in [1.54, 1.807) is 0 Å². The molecular formula is C10H22O5. The summed E-state index contributed by atoms with van der Waals surface area (Å²) >= 11 is 0. The van der Waals surface area contributed by atoms with Gasteiger partial charge in [-0.2, -0.15) is 0 Å². The van der Waals surface area contributed by atoms with Gasteiger partial charge in [-0.1, -0.05) is 6.92 Å². The maximum absolute atomic E-state index is 10.6. The minimum absolute atomic E-state index is 0.0568. The van der Waals surface area contributed by atoms with Gasteiger partial charge in [0.05, 0.1) is 19.3 Å². The van der Waals surface area contributed by atoms with E-state index in [1.165, 1.54) is 6.92 Å². The first-order valence-corrected chi connectivity index (χ1v) is 5.13. The van der Waals surface area contributed by atoms with Crippen LogP contribution in [0.5, 0.6) is 0 Å². The van der Waals surface area contributed by atoms with Crippen molar-refractivity contribution in [2.24, 2.45) is 0 Å². The first-order chi connectivity index (χ1) is 7.08. The summed E-state index contributed by atoms with van der Waals surface area (Å²) in [5, 5.41) is 24.3. The van der Waals surface area contributed by atoms with Crippen LogP contribution in [0.3, 0.4) is 0 Å². The zero-order valence-corrected chi connectivity index (χ0v) is 9.48. The number of carbonyl (C=O) groups is 1. The van der Waals surface area contributed by atoms with Gasteiger partial charge in [-0.3, -0.25) is 4.79 Å². The minimum Gasteiger partial charge on any atom is -0.466 e. The Morgan fingerprint density at radius 1 is 1.40 bits per heavy atom. The summed E-state index contributed by atoms with van der Waals surface area (Å²) in [6.07, 6.45) is 1.12. The smallest absolute Gasteiger partial charge is 0.305 e. The van der Waals surface area contributed by atoms with Gasteiger partial charge in [0.1, 0.15) is 0 Å². The summed E-state index contributed by atoms with van der Waals surface area (Å²) in [4.78, 5) is 10.6. The molecule has 0 rings (SSSR count). The third-order valence-corrected chi connectivity index (χ3v) is 1.27. The molecule has 92 valence electrons. The molecule has 5 heteroatoms. The van der Waals surface area contributed by atoms with E-state index in [9.17, 15) is 4.79 Å². The van der Waals surface area contributed by atoms with Gasteiger partial charge in [-0.25, -0.2) is 0 Å². The number of hydrogen-bond donors (Lipinski definition) is 3. The highest BCUT2D eigenvalue weighted by Gasteiger charge is 1.99. The lowest BCUT2D eigenvalue weighted by atomic mass is 10.3. The molecule has 15 heavy (non-hydrogen) atoms. The lowest BCUT2D eigenvalue weighted by molar-refractivity contribution is -0.143. The minimum atomic E-state index is -0.560. The summed E-state index contributed by atoms with van der Waals surface area (Å²) in [6.45, 7) is 3.88. The van der Waals surface area contributed by atoms with Gasteiger partial charge in [0, 0.05) is 13.0 Å². The van der Waals surface area contributed by atoms with Crippen molar-refractivity contribution in [1.82, 2.24) is 0 Å². The Morgan fingerprint density at radius 3 is 2.27 bits per heavy atom. The van der Waals surface area contributed by atoms with Crippen molar-refractivity contribution >= 4 is 5.97 Å². The Bertz CT molecular complexity index is 126. The van der Waals surface area contributed by atoms with Crippen LogP contribution in [0.1, 0.15) is 33.1 Å². The van der Waals surface area contributed by atoms with E-state index in [-0.39, 0.29) is 19.2 Å². The zero-order chi connectivity index (χ0) is 12.1. The topological polar surface area (TPSA) is 87.0 Å². The van der Waals surface area contributed by atoms with Gasteiger partial charge in [-0.15, -0.1) is 0 Å². The molecule has 0 radical (unpaired) electrons. The van der Waals surface area contributed by atoms with E-state index in [2.05, 4.69) is 0 Å².